The number of benzene rings is 1. The molecule has 1 unspecified atom stereocenters. The molecule has 112 valence electrons. The van der Waals surface area contributed by atoms with E-state index in [4.69, 9.17) is 16.3 Å². The molecule has 0 saturated heterocycles. The maximum Gasteiger partial charge on any atom is 0.255 e. The fraction of sp³-hybridized carbons (Fsp3) is 0.267. The van der Waals surface area contributed by atoms with Gasteiger partial charge >= 0.3 is 0 Å². The third kappa shape index (κ3) is 3.75. The Hall–Kier alpha value is -1.56. The molecule has 4 nitrogen and oxygen atoms in total. The van der Waals surface area contributed by atoms with Gasteiger partial charge in [-0.3, -0.25) is 4.79 Å². The molecule has 2 rings (SSSR count). The van der Waals surface area contributed by atoms with Gasteiger partial charge in [-0.1, -0.05) is 17.7 Å². The number of rotatable bonds is 5. The van der Waals surface area contributed by atoms with Gasteiger partial charge < -0.3 is 15.2 Å². The average molecular weight is 326 g/mol. The largest absolute Gasteiger partial charge is 0.496 e. The minimum absolute atomic E-state index is 0.0992. The zero-order valence-electron chi connectivity index (χ0n) is 11.7. The molecule has 6 heteroatoms. The van der Waals surface area contributed by atoms with Gasteiger partial charge in [0.25, 0.3) is 5.91 Å². The molecule has 1 aromatic heterocycles. The van der Waals surface area contributed by atoms with Gasteiger partial charge in [0.1, 0.15) is 11.4 Å². The molecular formula is C15H16ClNO3S. The molecule has 0 fully saturated rings. The number of nitrogens with one attached hydrogen (secondary N) is 1. The maximum absolute atomic E-state index is 12.2. The van der Waals surface area contributed by atoms with Crippen molar-refractivity contribution in [1.82, 2.24) is 5.32 Å². The van der Waals surface area contributed by atoms with Crippen LogP contribution in [0.25, 0.3) is 0 Å². The Balaban J connectivity index is 2.10. The predicted octanol–water partition coefficient (Wildman–Crippen LogP) is 3.05. The maximum atomic E-state index is 12.2. The topological polar surface area (TPSA) is 58.6 Å². The number of hydrogen-bond donors (Lipinski definition) is 2. The lowest BCUT2D eigenvalue weighted by atomic mass is 10.0. The third-order valence-electron chi connectivity index (χ3n) is 3.05. The summed E-state index contributed by atoms with van der Waals surface area (Å²) in [5.74, 6) is 0.0962. The smallest absolute Gasteiger partial charge is 0.255 e. The quantitative estimate of drug-likeness (QED) is 0.888. The molecule has 2 aromatic rings. The summed E-state index contributed by atoms with van der Waals surface area (Å²) < 4.78 is 5.15. The zero-order valence-corrected chi connectivity index (χ0v) is 13.3. The van der Waals surface area contributed by atoms with Gasteiger partial charge in [0.15, 0.2) is 0 Å². The van der Waals surface area contributed by atoms with Crippen LogP contribution in [0.4, 0.5) is 0 Å². The van der Waals surface area contributed by atoms with Gasteiger partial charge in [-0.05, 0) is 36.6 Å². The van der Waals surface area contributed by atoms with Crippen molar-refractivity contribution in [2.45, 2.75) is 12.5 Å². The average Bonchev–Trinajstić information content (AvgIpc) is 3.00. The first-order valence-electron chi connectivity index (χ1n) is 6.32. The summed E-state index contributed by atoms with van der Waals surface area (Å²) in [6.07, 6.45) is 0. The molecule has 1 amide bonds. The van der Waals surface area contributed by atoms with Crippen molar-refractivity contribution >= 4 is 28.8 Å². The number of thiophene rings is 1. The van der Waals surface area contributed by atoms with Crippen molar-refractivity contribution in [3.8, 4) is 5.75 Å². The predicted molar refractivity (Wildman–Crippen MR) is 84.2 cm³/mol. The molecular weight excluding hydrogens is 310 g/mol. The highest BCUT2D eigenvalue weighted by Crippen LogP contribution is 2.26. The summed E-state index contributed by atoms with van der Waals surface area (Å²) in [5.41, 5.74) is -0.776. The molecule has 0 aliphatic carbocycles. The first-order chi connectivity index (χ1) is 9.94. The molecule has 0 aliphatic rings. The van der Waals surface area contributed by atoms with E-state index in [0.29, 0.717) is 16.3 Å². The monoisotopic (exact) mass is 325 g/mol. The van der Waals surface area contributed by atoms with Crippen LogP contribution >= 0.6 is 22.9 Å². The summed E-state index contributed by atoms with van der Waals surface area (Å²) >= 11 is 7.35. The molecule has 1 aromatic carbocycles. The molecule has 2 N–H and O–H groups in total. The van der Waals surface area contributed by atoms with E-state index >= 15 is 0 Å². The van der Waals surface area contributed by atoms with Crippen LogP contribution in [0.15, 0.2) is 35.7 Å². The number of carbonyl (C=O) groups excluding carboxylic acids is 1. The Bertz CT molecular complexity index is 626. The van der Waals surface area contributed by atoms with Crippen molar-refractivity contribution in [1.29, 1.82) is 0 Å². The van der Waals surface area contributed by atoms with Crippen LogP contribution < -0.4 is 10.1 Å². The van der Waals surface area contributed by atoms with Crippen LogP contribution in [0.5, 0.6) is 5.75 Å². The SMILES string of the molecule is COc1ccc(Cl)cc1C(=O)NCC(C)(O)c1cccs1. The Morgan fingerprint density at radius 1 is 1.48 bits per heavy atom. The van der Waals surface area contributed by atoms with Crippen LogP contribution in [0.2, 0.25) is 5.02 Å². The summed E-state index contributed by atoms with van der Waals surface area (Å²) in [7, 11) is 1.49. The summed E-state index contributed by atoms with van der Waals surface area (Å²) in [6.45, 7) is 1.76. The zero-order chi connectivity index (χ0) is 15.5. The number of amides is 1. The second-order valence-electron chi connectivity index (χ2n) is 4.78. The van der Waals surface area contributed by atoms with Gasteiger partial charge in [-0.25, -0.2) is 0 Å². The van der Waals surface area contributed by atoms with Crippen molar-refractivity contribution in [3.05, 3.63) is 51.2 Å². The van der Waals surface area contributed by atoms with E-state index in [1.165, 1.54) is 24.5 Å². The second kappa shape index (κ2) is 6.47. The lowest BCUT2D eigenvalue weighted by Crippen LogP contribution is -2.38. The van der Waals surface area contributed by atoms with Crippen molar-refractivity contribution in [2.75, 3.05) is 13.7 Å². The van der Waals surface area contributed by atoms with Gasteiger partial charge in [-0.15, -0.1) is 11.3 Å². The van der Waals surface area contributed by atoms with Crippen LogP contribution in [-0.2, 0) is 5.60 Å². The number of ether oxygens (including phenoxy) is 1. The van der Waals surface area contributed by atoms with E-state index in [1.807, 2.05) is 17.5 Å². The highest BCUT2D eigenvalue weighted by atomic mass is 35.5. The number of methoxy groups -OCH3 is 1. The summed E-state index contributed by atoms with van der Waals surface area (Å²) in [5, 5.41) is 15.4. The van der Waals surface area contributed by atoms with Gasteiger partial charge in [0.2, 0.25) is 0 Å². The van der Waals surface area contributed by atoms with Crippen molar-refractivity contribution < 1.29 is 14.6 Å². The van der Waals surface area contributed by atoms with E-state index in [0.717, 1.165) is 4.88 Å². The molecule has 1 heterocycles. The fourth-order valence-corrected chi connectivity index (χ4v) is 2.84. The summed E-state index contributed by atoms with van der Waals surface area (Å²) in [6, 6.07) is 8.51. The number of aliphatic hydroxyl groups is 1. The van der Waals surface area contributed by atoms with Crippen LogP contribution in [0, 0.1) is 0 Å². The van der Waals surface area contributed by atoms with Crippen LogP contribution in [-0.4, -0.2) is 24.7 Å². The van der Waals surface area contributed by atoms with E-state index in [2.05, 4.69) is 5.32 Å². The van der Waals surface area contributed by atoms with Gasteiger partial charge in [0, 0.05) is 9.90 Å². The standard InChI is InChI=1S/C15H16ClNO3S/c1-15(19,13-4-3-7-21-13)9-17-14(18)11-8-10(16)5-6-12(11)20-2/h3-8,19H,9H2,1-2H3,(H,17,18). The van der Waals surface area contributed by atoms with Crippen LogP contribution in [0.1, 0.15) is 22.2 Å². The van der Waals surface area contributed by atoms with Crippen molar-refractivity contribution in [2.24, 2.45) is 0 Å². The highest BCUT2D eigenvalue weighted by molar-refractivity contribution is 7.10. The molecule has 0 spiro atoms. The molecule has 0 saturated carbocycles. The molecule has 1 atom stereocenters. The van der Waals surface area contributed by atoms with Crippen molar-refractivity contribution in [3.63, 3.8) is 0 Å². The third-order valence-corrected chi connectivity index (χ3v) is 4.41. The molecule has 0 aliphatic heterocycles. The fourth-order valence-electron chi connectivity index (χ4n) is 1.88. The number of halogens is 1. The van der Waals surface area contributed by atoms with Crippen LogP contribution in [0.3, 0.4) is 0 Å². The van der Waals surface area contributed by atoms with Gasteiger partial charge in [-0.2, -0.15) is 0 Å². The molecule has 21 heavy (non-hydrogen) atoms. The second-order valence-corrected chi connectivity index (χ2v) is 6.16. The molecule has 0 bridgehead atoms. The Kier molecular flexibility index (Phi) is 4.88. The Morgan fingerprint density at radius 3 is 2.86 bits per heavy atom. The molecule has 0 radical (unpaired) electrons. The number of hydrogen-bond acceptors (Lipinski definition) is 4. The summed E-state index contributed by atoms with van der Waals surface area (Å²) in [4.78, 5) is 13.0. The Morgan fingerprint density at radius 2 is 2.24 bits per heavy atom. The van der Waals surface area contributed by atoms with E-state index in [9.17, 15) is 9.90 Å². The minimum atomic E-state index is -1.12. The normalized spacial score (nSPS) is 13.5. The van der Waals surface area contributed by atoms with E-state index in [1.54, 1.807) is 19.1 Å². The lowest BCUT2D eigenvalue weighted by Gasteiger charge is -2.22. The van der Waals surface area contributed by atoms with E-state index < -0.39 is 5.60 Å². The highest BCUT2D eigenvalue weighted by Gasteiger charge is 2.25. The first-order valence-corrected chi connectivity index (χ1v) is 7.58. The lowest BCUT2D eigenvalue weighted by molar-refractivity contribution is 0.0556. The minimum Gasteiger partial charge on any atom is -0.496 e. The Labute approximate surface area is 132 Å². The van der Waals surface area contributed by atoms with E-state index in [-0.39, 0.29) is 12.5 Å². The first kappa shape index (κ1) is 15.8. The number of carbonyl (C=O) groups is 1. The van der Waals surface area contributed by atoms with Gasteiger partial charge in [0.05, 0.1) is 19.2 Å².